The number of aliphatic hydroxyl groups excluding tert-OH is 1. The standard InChI is InChI=1S/C13H16N2O/c1-9-4-5-11(8-10(9)2)12(16)13-14-6-7-15(13)3/h4-8,12,16H,1-3H3. The predicted molar refractivity (Wildman–Crippen MR) is 63.2 cm³/mol. The molecule has 0 fully saturated rings. The zero-order chi connectivity index (χ0) is 11.7. The van der Waals surface area contributed by atoms with Crippen LogP contribution < -0.4 is 0 Å². The van der Waals surface area contributed by atoms with Gasteiger partial charge in [-0.25, -0.2) is 4.98 Å². The van der Waals surface area contributed by atoms with Gasteiger partial charge in [-0.3, -0.25) is 0 Å². The van der Waals surface area contributed by atoms with Gasteiger partial charge in [0.25, 0.3) is 0 Å². The fraction of sp³-hybridized carbons (Fsp3) is 0.308. The molecule has 0 bridgehead atoms. The van der Waals surface area contributed by atoms with Gasteiger partial charge in [-0.05, 0) is 30.5 Å². The summed E-state index contributed by atoms with van der Waals surface area (Å²) in [6.07, 6.45) is 2.87. The number of imidazole rings is 1. The lowest BCUT2D eigenvalue weighted by molar-refractivity contribution is 0.206. The van der Waals surface area contributed by atoms with E-state index < -0.39 is 6.10 Å². The summed E-state index contributed by atoms with van der Waals surface area (Å²) in [5.41, 5.74) is 3.30. The number of nitrogens with zero attached hydrogens (tertiary/aromatic N) is 2. The second-order valence-corrected chi connectivity index (χ2v) is 4.14. The molecule has 2 aromatic rings. The smallest absolute Gasteiger partial charge is 0.142 e. The molecule has 0 aliphatic heterocycles. The van der Waals surface area contributed by atoms with Crippen LogP contribution in [0.15, 0.2) is 30.6 Å². The minimum atomic E-state index is -0.653. The van der Waals surface area contributed by atoms with E-state index in [0.717, 1.165) is 5.56 Å². The van der Waals surface area contributed by atoms with Crippen molar-refractivity contribution < 1.29 is 5.11 Å². The molecule has 84 valence electrons. The van der Waals surface area contributed by atoms with Crippen LogP contribution in [0.4, 0.5) is 0 Å². The molecule has 0 amide bonds. The normalized spacial score (nSPS) is 12.8. The Morgan fingerprint density at radius 2 is 2.00 bits per heavy atom. The molecule has 0 saturated heterocycles. The van der Waals surface area contributed by atoms with Crippen LogP contribution >= 0.6 is 0 Å². The lowest BCUT2D eigenvalue weighted by atomic mass is 10.0. The number of hydrogen-bond donors (Lipinski definition) is 1. The number of benzene rings is 1. The Balaban J connectivity index is 2.38. The summed E-state index contributed by atoms with van der Waals surface area (Å²) in [5.74, 6) is 0.670. The van der Waals surface area contributed by atoms with Gasteiger partial charge in [-0.15, -0.1) is 0 Å². The van der Waals surface area contributed by atoms with Gasteiger partial charge < -0.3 is 9.67 Å². The molecule has 3 heteroatoms. The fourth-order valence-electron chi connectivity index (χ4n) is 1.72. The molecule has 1 N–H and O–H groups in total. The van der Waals surface area contributed by atoms with Gasteiger partial charge in [-0.2, -0.15) is 0 Å². The van der Waals surface area contributed by atoms with E-state index in [4.69, 9.17) is 0 Å². The Hall–Kier alpha value is -1.61. The van der Waals surface area contributed by atoms with E-state index >= 15 is 0 Å². The van der Waals surface area contributed by atoms with Gasteiger partial charge in [0, 0.05) is 19.4 Å². The topological polar surface area (TPSA) is 38.1 Å². The molecule has 0 aliphatic rings. The van der Waals surface area contributed by atoms with Crippen molar-refractivity contribution in [2.24, 2.45) is 7.05 Å². The van der Waals surface area contributed by atoms with E-state index in [0.29, 0.717) is 5.82 Å². The molecule has 1 heterocycles. The number of hydrogen-bond acceptors (Lipinski definition) is 2. The summed E-state index contributed by atoms with van der Waals surface area (Å²) in [6, 6.07) is 5.98. The van der Waals surface area contributed by atoms with Crippen LogP contribution in [-0.2, 0) is 7.05 Å². The van der Waals surface area contributed by atoms with Crippen molar-refractivity contribution in [2.75, 3.05) is 0 Å². The Morgan fingerprint density at radius 1 is 1.25 bits per heavy atom. The van der Waals surface area contributed by atoms with Crippen LogP contribution in [0.3, 0.4) is 0 Å². The van der Waals surface area contributed by atoms with Crippen molar-refractivity contribution in [3.63, 3.8) is 0 Å². The van der Waals surface area contributed by atoms with Crippen LogP contribution in [0, 0.1) is 13.8 Å². The third-order valence-corrected chi connectivity index (χ3v) is 2.95. The number of aliphatic hydroxyl groups is 1. The minimum absolute atomic E-state index is 0.653. The van der Waals surface area contributed by atoms with Crippen molar-refractivity contribution in [3.8, 4) is 0 Å². The minimum Gasteiger partial charge on any atom is -0.380 e. The van der Waals surface area contributed by atoms with E-state index in [1.165, 1.54) is 11.1 Å². The van der Waals surface area contributed by atoms with Crippen LogP contribution in [0.2, 0.25) is 0 Å². The molecule has 2 rings (SSSR count). The average Bonchev–Trinajstić information content (AvgIpc) is 2.67. The van der Waals surface area contributed by atoms with Gasteiger partial charge in [0.05, 0.1) is 0 Å². The van der Waals surface area contributed by atoms with Crippen LogP contribution in [-0.4, -0.2) is 14.7 Å². The quantitative estimate of drug-likeness (QED) is 0.835. The van der Waals surface area contributed by atoms with Crippen molar-refractivity contribution in [3.05, 3.63) is 53.1 Å². The van der Waals surface area contributed by atoms with Gasteiger partial charge in [-0.1, -0.05) is 18.2 Å². The SMILES string of the molecule is Cc1ccc(C(O)c2nccn2C)cc1C. The van der Waals surface area contributed by atoms with E-state index in [1.54, 1.807) is 6.20 Å². The van der Waals surface area contributed by atoms with E-state index in [9.17, 15) is 5.11 Å². The monoisotopic (exact) mass is 216 g/mol. The third-order valence-electron chi connectivity index (χ3n) is 2.95. The largest absolute Gasteiger partial charge is 0.380 e. The maximum Gasteiger partial charge on any atom is 0.142 e. The van der Waals surface area contributed by atoms with E-state index in [-0.39, 0.29) is 0 Å². The van der Waals surface area contributed by atoms with Crippen molar-refractivity contribution in [1.29, 1.82) is 0 Å². The summed E-state index contributed by atoms with van der Waals surface area (Å²) in [5, 5.41) is 10.2. The van der Waals surface area contributed by atoms with Gasteiger partial charge in [0.2, 0.25) is 0 Å². The first-order valence-electron chi connectivity index (χ1n) is 5.32. The maximum atomic E-state index is 10.2. The summed E-state index contributed by atoms with van der Waals surface area (Å²) in [4.78, 5) is 4.16. The molecule has 1 aromatic heterocycles. The zero-order valence-electron chi connectivity index (χ0n) is 9.81. The Kier molecular flexibility index (Phi) is 2.79. The molecule has 1 unspecified atom stereocenters. The molecule has 0 spiro atoms. The second kappa shape index (κ2) is 4.10. The first-order valence-corrected chi connectivity index (χ1v) is 5.32. The van der Waals surface area contributed by atoms with Crippen molar-refractivity contribution >= 4 is 0 Å². The molecular formula is C13H16N2O. The van der Waals surface area contributed by atoms with E-state index in [1.807, 2.05) is 42.9 Å². The van der Waals surface area contributed by atoms with Crippen molar-refractivity contribution in [1.82, 2.24) is 9.55 Å². The van der Waals surface area contributed by atoms with Crippen LogP contribution in [0.1, 0.15) is 28.6 Å². The van der Waals surface area contributed by atoms with E-state index in [2.05, 4.69) is 11.9 Å². The molecule has 16 heavy (non-hydrogen) atoms. The second-order valence-electron chi connectivity index (χ2n) is 4.14. The Labute approximate surface area is 95.4 Å². The molecule has 0 saturated carbocycles. The van der Waals surface area contributed by atoms with Gasteiger partial charge >= 0.3 is 0 Å². The molecule has 0 radical (unpaired) electrons. The Morgan fingerprint density at radius 3 is 2.56 bits per heavy atom. The summed E-state index contributed by atoms with van der Waals surface area (Å²) < 4.78 is 1.83. The number of aromatic nitrogens is 2. The summed E-state index contributed by atoms with van der Waals surface area (Å²) in [6.45, 7) is 4.11. The molecule has 0 aliphatic carbocycles. The van der Waals surface area contributed by atoms with Crippen LogP contribution in [0.25, 0.3) is 0 Å². The summed E-state index contributed by atoms with van der Waals surface area (Å²) >= 11 is 0. The highest BCUT2D eigenvalue weighted by atomic mass is 16.3. The van der Waals surface area contributed by atoms with Gasteiger partial charge in [0.15, 0.2) is 0 Å². The lowest BCUT2D eigenvalue weighted by Crippen LogP contribution is -2.07. The first kappa shape index (κ1) is 10.9. The summed E-state index contributed by atoms with van der Waals surface area (Å²) in [7, 11) is 1.88. The molecular weight excluding hydrogens is 200 g/mol. The Bertz CT molecular complexity index is 502. The highest BCUT2D eigenvalue weighted by molar-refractivity contribution is 5.33. The highest BCUT2D eigenvalue weighted by Gasteiger charge is 2.14. The van der Waals surface area contributed by atoms with Crippen LogP contribution in [0.5, 0.6) is 0 Å². The lowest BCUT2D eigenvalue weighted by Gasteiger charge is -2.12. The zero-order valence-corrected chi connectivity index (χ0v) is 9.81. The molecule has 1 aromatic carbocycles. The maximum absolute atomic E-state index is 10.2. The number of rotatable bonds is 2. The molecule has 1 atom stereocenters. The third kappa shape index (κ3) is 1.86. The highest BCUT2D eigenvalue weighted by Crippen LogP contribution is 2.22. The predicted octanol–water partition coefficient (Wildman–Crippen LogP) is 2.12. The fourth-order valence-corrected chi connectivity index (χ4v) is 1.72. The van der Waals surface area contributed by atoms with Crippen molar-refractivity contribution in [2.45, 2.75) is 20.0 Å². The average molecular weight is 216 g/mol. The van der Waals surface area contributed by atoms with Gasteiger partial charge in [0.1, 0.15) is 11.9 Å². The molecule has 3 nitrogen and oxygen atoms in total. The first-order chi connectivity index (χ1) is 7.59. The number of aryl methyl sites for hydroxylation is 3.